The van der Waals surface area contributed by atoms with Gasteiger partial charge in [0.2, 0.25) is 0 Å². The minimum Gasteiger partial charge on any atom is -0.790 e. The monoisotopic (exact) mass is 395 g/mol. The second kappa shape index (κ2) is 8.14. The van der Waals surface area contributed by atoms with Crippen LogP contribution in [-0.2, 0) is 15.7 Å². The Balaban J connectivity index is 2.44. The number of carbonyl (C=O) groups is 2. The number of rotatable bonds is 7. The summed E-state index contributed by atoms with van der Waals surface area (Å²) in [6.07, 6.45) is 0.309. The fraction of sp³-hybridized carbons (Fsp3) is 0.133. The van der Waals surface area contributed by atoms with Crippen LogP contribution in [0.1, 0.15) is 32.0 Å². The van der Waals surface area contributed by atoms with Crippen LogP contribution in [0.2, 0.25) is 0 Å². The van der Waals surface area contributed by atoms with E-state index in [4.69, 9.17) is 10.2 Å². The van der Waals surface area contributed by atoms with E-state index in [0.29, 0.717) is 6.29 Å². The number of aldehydes is 1. The van der Waals surface area contributed by atoms with E-state index >= 15 is 0 Å². The molecule has 2 rings (SSSR count). The third kappa shape index (κ3) is 5.25. The van der Waals surface area contributed by atoms with Gasteiger partial charge in [-0.15, -0.1) is 10.2 Å². The van der Waals surface area contributed by atoms with Crippen molar-refractivity contribution in [3.8, 4) is 5.75 Å². The highest BCUT2D eigenvalue weighted by atomic mass is 31.2. The molecule has 142 valence electrons. The van der Waals surface area contributed by atoms with Gasteiger partial charge in [0.05, 0.1) is 20.1 Å². The van der Waals surface area contributed by atoms with Gasteiger partial charge in [0.1, 0.15) is 16.8 Å². The lowest BCUT2D eigenvalue weighted by molar-refractivity contribution is -0.342. The van der Waals surface area contributed by atoms with Crippen molar-refractivity contribution in [3.63, 3.8) is 0 Å². The molecule has 0 bridgehead atoms. The Labute approximate surface area is 152 Å². The van der Waals surface area contributed by atoms with Crippen LogP contribution >= 0.6 is 7.82 Å². The van der Waals surface area contributed by atoms with Gasteiger partial charge in [0.15, 0.2) is 12.1 Å². The minimum absolute atomic E-state index is 0.136. The van der Waals surface area contributed by atoms with E-state index in [1.165, 1.54) is 31.2 Å². The molecule has 11 nitrogen and oxygen atoms in total. The molecule has 0 saturated heterocycles. The lowest BCUT2D eigenvalue weighted by Crippen LogP contribution is -2.16. The second-order valence-electron chi connectivity index (χ2n) is 5.20. The molecule has 0 unspecified atom stereocenters. The molecule has 0 amide bonds. The van der Waals surface area contributed by atoms with Crippen LogP contribution in [0.4, 0.5) is 11.5 Å². The number of phosphoric acid groups is 1. The highest BCUT2D eigenvalue weighted by Gasteiger charge is 2.21. The Morgan fingerprint density at radius 2 is 1.93 bits per heavy atom. The summed E-state index contributed by atoms with van der Waals surface area (Å²) in [6.45, 7) is 0.623. The molecule has 0 saturated carbocycles. The largest absolute Gasteiger partial charge is 0.790 e. The summed E-state index contributed by atoms with van der Waals surface area (Å²) in [6, 6.07) is 5.55. The van der Waals surface area contributed by atoms with Gasteiger partial charge in [-0.05, 0) is 31.2 Å². The maximum atomic E-state index is 11.3. The van der Waals surface area contributed by atoms with Crippen LogP contribution < -0.4 is 9.79 Å². The maximum absolute atomic E-state index is 11.3. The van der Waals surface area contributed by atoms with E-state index in [-0.39, 0.29) is 39.6 Å². The molecule has 0 spiro atoms. The predicted octanol–water partition coefficient (Wildman–Crippen LogP) is 0.266. The summed E-state index contributed by atoms with van der Waals surface area (Å²) in [7, 11) is -5.33. The van der Waals surface area contributed by atoms with Crippen LogP contribution in [0, 0.1) is 6.92 Å². The summed E-state index contributed by atoms with van der Waals surface area (Å²) in [5.74, 6) is -1.32. The quantitative estimate of drug-likeness (QED) is 0.278. The summed E-state index contributed by atoms with van der Waals surface area (Å²) >= 11 is 0. The Bertz CT molecular complexity index is 953. The lowest BCUT2D eigenvalue weighted by Gasteiger charge is -2.28. The molecular weight excluding hydrogens is 381 g/mol. The first kappa shape index (κ1) is 20.3. The molecule has 1 heterocycles. The Hall–Kier alpha value is -2.98. The number of benzene rings is 1. The van der Waals surface area contributed by atoms with Crippen LogP contribution in [0.5, 0.6) is 5.75 Å². The zero-order valence-corrected chi connectivity index (χ0v) is 14.7. The number of hydrogen-bond donors (Lipinski definition) is 0. The van der Waals surface area contributed by atoms with E-state index in [1.54, 1.807) is 0 Å². The second-order valence-corrected chi connectivity index (χ2v) is 6.36. The van der Waals surface area contributed by atoms with Gasteiger partial charge in [-0.3, -0.25) is 4.79 Å². The van der Waals surface area contributed by atoms with Crippen molar-refractivity contribution < 1.29 is 38.7 Å². The molecule has 0 aliphatic carbocycles. The van der Waals surface area contributed by atoms with Crippen molar-refractivity contribution in [1.29, 1.82) is 0 Å². The Kier molecular flexibility index (Phi) is 6.13. The van der Waals surface area contributed by atoms with E-state index in [0.717, 1.165) is 0 Å². The molecule has 1 aromatic carbocycles. The number of azo groups is 1. The van der Waals surface area contributed by atoms with Crippen molar-refractivity contribution >= 4 is 31.6 Å². The molecule has 0 fully saturated rings. The van der Waals surface area contributed by atoms with Gasteiger partial charge < -0.3 is 29.1 Å². The molecule has 0 aliphatic heterocycles. The third-order valence-corrected chi connectivity index (χ3v) is 3.82. The fourth-order valence-electron chi connectivity index (χ4n) is 2.03. The summed E-state index contributed by atoms with van der Waals surface area (Å²) in [5.41, 5.74) is 0.180. The highest BCUT2D eigenvalue weighted by molar-refractivity contribution is 7.43. The average molecular weight is 395 g/mol. The molecule has 2 aromatic rings. The first-order valence-electron chi connectivity index (χ1n) is 7.27. The number of pyridine rings is 1. The number of aromatic nitrogens is 1. The van der Waals surface area contributed by atoms with Crippen molar-refractivity contribution in [1.82, 2.24) is 4.98 Å². The average Bonchev–Trinajstić information content (AvgIpc) is 2.60. The van der Waals surface area contributed by atoms with Crippen LogP contribution in [0.15, 0.2) is 34.5 Å². The first-order chi connectivity index (χ1) is 12.6. The molecule has 0 radical (unpaired) electrons. The molecule has 4 N–H and O–H groups in total. The highest BCUT2D eigenvalue weighted by Crippen LogP contribution is 2.35. The van der Waals surface area contributed by atoms with Crippen molar-refractivity contribution in [2.75, 3.05) is 0 Å². The lowest BCUT2D eigenvalue weighted by atomic mass is 10.1. The zero-order valence-electron chi connectivity index (χ0n) is 13.8. The Morgan fingerprint density at radius 1 is 1.30 bits per heavy atom. The summed E-state index contributed by atoms with van der Waals surface area (Å²) in [5, 5.41) is 22.5. The van der Waals surface area contributed by atoms with Crippen LogP contribution in [-0.4, -0.2) is 27.5 Å². The van der Waals surface area contributed by atoms with Crippen molar-refractivity contribution in [2.24, 2.45) is 10.2 Å². The first-order valence-corrected chi connectivity index (χ1v) is 8.73. The molecular formula is C15H14N3O8P. The number of nitrogens with zero attached hydrogens (tertiary/aromatic N) is 3. The zero-order chi connectivity index (χ0) is 20.2. The Morgan fingerprint density at radius 3 is 2.44 bits per heavy atom. The van der Waals surface area contributed by atoms with Crippen LogP contribution in [0.3, 0.4) is 0 Å². The maximum Gasteiger partial charge on any atom is 0.549 e. The van der Waals surface area contributed by atoms with Gasteiger partial charge in [-0.25, -0.2) is 4.98 Å². The minimum atomic E-state index is -5.33. The van der Waals surface area contributed by atoms with Gasteiger partial charge in [-0.1, -0.05) is 0 Å². The molecule has 0 atom stereocenters. The number of carbonyl (C=O) groups excluding carboxylic acids is 2. The van der Waals surface area contributed by atoms with E-state index in [1.807, 2.05) is 0 Å². The van der Waals surface area contributed by atoms with Gasteiger partial charge in [0.25, 0.3) is 5.75 Å². The molecule has 1 aromatic heterocycles. The van der Waals surface area contributed by atoms with Crippen molar-refractivity contribution in [3.05, 3.63) is 46.6 Å². The van der Waals surface area contributed by atoms with Gasteiger partial charge in [0, 0.05) is 10.4 Å². The van der Waals surface area contributed by atoms with E-state index in [9.17, 15) is 23.9 Å². The van der Waals surface area contributed by atoms with Crippen LogP contribution in [0.25, 0.3) is 0 Å². The van der Waals surface area contributed by atoms with Crippen molar-refractivity contribution in [2.45, 2.75) is 13.5 Å². The third-order valence-electron chi connectivity index (χ3n) is 3.37. The summed E-state index contributed by atoms with van der Waals surface area (Å²) in [4.78, 5) is 47.7. The fourth-order valence-corrected chi connectivity index (χ4v) is 2.32. The topological polar surface area (TPSA) is 190 Å². The van der Waals surface area contributed by atoms with Gasteiger partial charge in [-0.2, -0.15) is 0 Å². The van der Waals surface area contributed by atoms with E-state index < -0.39 is 20.4 Å². The SMILES string of the molecule is Cc1nc(N=Nc2ccc(C(=O)[OH2+])cc2)c(COP(=O)([O-])[O-])c(C=O)c1[OH2+]. The predicted molar refractivity (Wildman–Crippen MR) is 88.4 cm³/mol. The smallest absolute Gasteiger partial charge is 0.549 e. The number of hydrogen-bond acceptors (Lipinski definition) is 9. The number of aryl methyl sites for hydroxylation is 1. The molecule has 0 aliphatic rings. The summed E-state index contributed by atoms with van der Waals surface area (Å²) < 4.78 is 14.9. The standard InChI is InChI=1S/C15H14N3O8P/c1-8-13(20)11(6-19)12(7-26-27(23,24)25)14(16-8)18-17-10-4-2-9(3-5-10)15(21)22/h2-6,20H,7H2,1H3,(H,21,22)(H2,23,24,25). The van der Waals surface area contributed by atoms with E-state index in [2.05, 4.69) is 19.7 Å². The molecule has 27 heavy (non-hydrogen) atoms. The normalized spacial score (nSPS) is 11.7. The molecule has 12 heteroatoms. The van der Waals surface area contributed by atoms with Gasteiger partial charge >= 0.3 is 5.97 Å². The number of phosphoric ester groups is 1.